The molecular weight excluding hydrogens is 471 g/mol. The van der Waals surface area contributed by atoms with E-state index in [0.29, 0.717) is 42.5 Å². The molecule has 3 aromatic rings. The van der Waals surface area contributed by atoms with Gasteiger partial charge in [-0.1, -0.05) is 19.1 Å². The van der Waals surface area contributed by atoms with Crippen molar-refractivity contribution >= 4 is 24.5 Å². The minimum Gasteiger partial charge on any atom is -0.431 e. The fraction of sp³-hybridized carbons (Fsp3) is 0.522. The maximum Gasteiger partial charge on any atom is 0.342 e. The maximum atomic E-state index is 13.8. The third-order valence-electron chi connectivity index (χ3n) is 5.18. The lowest BCUT2D eigenvalue weighted by Gasteiger charge is -2.25. The highest BCUT2D eigenvalue weighted by Crippen LogP contribution is 2.43. The topological polar surface area (TPSA) is 136 Å². The summed E-state index contributed by atoms with van der Waals surface area (Å²) in [6.45, 7) is 9.23. The lowest BCUT2D eigenvalue weighted by atomic mass is 10.2. The monoisotopic (exact) mass is 506 g/mol. The minimum absolute atomic E-state index is 0.154. The van der Waals surface area contributed by atoms with E-state index in [1.54, 1.807) is 12.4 Å². The highest BCUT2D eigenvalue weighted by atomic mass is 31.2. The number of nitrogens with zero attached hydrogens (tertiary/aromatic N) is 4. The molecule has 0 amide bonds. The third kappa shape index (κ3) is 7.71. The van der Waals surface area contributed by atoms with Gasteiger partial charge in [0.25, 0.3) is 0 Å². The Balaban J connectivity index is 1.70. The Hall–Kier alpha value is -2.56. The van der Waals surface area contributed by atoms with Crippen molar-refractivity contribution in [1.82, 2.24) is 24.6 Å². The molecule has 0 aliphatic rings. The largest absolute Gasteiger partial charge is 0.431 e. The summed E-state index contributed by atoms with van der Waals surface area (Å²) in [4.78, 5) is 12.5. The summed E-state index contributed by atoms with van der Waals surface area (Å²) in [5.41, 5.74) is 8.09. The van der Waals surface area contributed by atoms with Crippen molar-refractivity contribution < 1.29 is 23.3 Å². The van der Waals surface area contributed by atoms with Gasteiger partial charge in [-0.25, -0.2) is 20.0 Å². The molecule has 11 nitrogen and oxygen atoms in total. The number of fused-ring (bicyclic) bond motifs is 1. The molecule has 35 heavy (non-hydrogen) atoms. The zero-order valence-corrected chi connectivity index (χ0v) is 21.6. The van der Waals surface area contributed by atoms with Gasteiger partial charge in [-0.05, 0) is 44.9 Å². The third-order valence-corrected chi connectivity index (χ3v) is 6.84. The molecule has 0 aliphatic heterocycles. The van der Waals surface area contributed by atoms with Crippen molar-refractivity contribution in [3.8, 4) is 5.75 Å². The van der Waals surface area contributed by atoms with Gasteiger partial charge < -0.3 is 29.0 Å². The number of rotatable bonds is 15. The molecule has 0 fully saturated rings. The van der Waals surface area contributed by atoms with Crippen molar-refractivity contribution in [2.75, 3.05) is 31.8 Å². The van der Waals surface area contributed by atoms with E-state index in [1.807, 2.05) is 43.5 Å². The smallest absolute Gasteiger partial charge is 0.342 e. The van der Waals surface area contributed by atoms with Crippen LogP contribution in [0, 0.1) is 0 Å². The molecule has 1 aromatic carbocycles. The van der Waals surface area contributed by atoms with Gasteiger partial charge in [-0.3, -0.25) is 4.57 Å². The molecule has 2 aromatic heterocycles. The number of ether oxygens (including phenoxy) is 3. The molecule has 2 heterocycles. The molecule has 3 N–H and O–H groups in total. The summed E-state index contributed by atoms with van der Waals surface area (Å²) in [7, 11) is -3.48. The van der Waals surface area contributed by atoms with Crippen LogP contribution in [0.2, 0.25) is 0 Å². The lowest BCUT2D eigenvalue weighted by molar-refractivity contribution is -0.130. The second-order valence-corrected chi connectivity index (χ2v) is 10.0. The first kappa shape index (κ1) is 27.0. The van der Waals surface area contributed by atoms with Crippen LogP contribution in [0.25, 0.3) is 11.2 Å². The van der Waals surface area contributed by atoms with Crippen molar-refractivity contribution in [1.29, 1.82) is 0 Å². The molecule has 192 valence electrons. The second-order valence-electron chi connectivity index (χ2n) is 7.90. The van der Waals surface area contributed by atoms with Crippen LogP contribution in [0.4, 0.5) is 5.82 Å². The molecule has 12 heteroatoms. The van der Waals surface area contributed by atoms with Gasteiger partial charge in [0.1, 0.15) is 23.9 Å². The van der Waals surface area contributed by atoms with Crippen LogP contribution in [-0.4, -0.2) is 58.0 Å². The number of nitrogens with one attached hydrogen (secondary N) is 1. The number of hydrogen-bond donors (Lipinski definition) is 2. The van der Waals surface area contributed by atoms with Gasteiger partial charge in [-0.2, -0.15) is 0 Å². The summed E-state index contributed by atoms with van der Waals surface area (Å²) in [6, 6.07) is 7.53. The van der Waals surface area contributed by atoms with E-state index in [4.69, 9.17) is 24.5 Å². The first-order chi connectivity index (χ1) is 16.9. The predicted molar refractivity (Wildman–Crippen MR) is 134 cm³/mol. The second kappa shape index (κ2) is 12.9. The van der Waals surface area contributed by atoms with Crippen LogP contribution in [-0.2, 0) is 31.7 Å². The van der Waals surface area contributed by atoms with Gasteiger partial charge in [0.15, 0.2) is 17.8 Å². The van der Waals surface area contributed by atoms with E-state index >= 15 is 0 Å². The van der Waals surface area contributed by atoms with Crippen LogP contribution < -0.4 is 15.3 Å². The lowest BCUT2D eigenvalue weighted by Crippen LogP contribution is -2.32. The Kier molecular flexibility index (Phi) is 10.00. The number of benzene rings is 1. The minimum atomic E-state index is -3.48. The van der Waals surface area contributed by atoms with Gasteiger partial charge in [0.2, 0.25) is 0 Å². The van der Waals surface area contributed by atoms with E-state index in [1.165, 1.54) is 6.33 Å². The number of imidazole rings is 1. The van der Waals surface area contributed by atoms with Crippen molar-refractivity contribution in [2.24, 2.45) is 0 Å². The fourth-order valence-electron chi connectivity index (χ4n) is 3.44. The Labute approximate surface area is 205 Å². The molecule has 0 saturated carbocycles. The summed E-state index contributed by atoms with van der Waals surface area (Å²) < 4.78 is 38.8. The molecule has 2 unspecified atom stereocenters. The number of hydrogen-bond acceptors (Lipinski definition) is 9. The van der Waals surface area contributed by atoms with Gasteiger partial charge in [-0.15, -0.1) is 0 Å². The van der Waals surface area contributed by atoms with Crippen LogP contribution in [0.15, 0.2) is 36.9 Å². The van der Waals surface area contributed by atoms with Crippen molar-refractivity contribution in [3.05, 3.63) is 42.5 Å². The average Bonchev–Trinajstić information content (AvgIpc) is 3.26. The maximum absolute atomic E-state index is 13.8. The normalized spacial score (nSPS) is 14.3. The van der Waals surface area contributed by atoms with Crippen LogP contribution in [0.5, 0.6) is 5.75 Å². The Morgan fingerprint density at radius 3 is 2.60 bits per heavy atom. The molecule has 3 rings (SSSR count). The zero-order chi connectivity index (χ0) is 25.3. The summed E-state index contributed by atoms with van der Waals surface area (Å²) >= 11 is 0. The average molecular weight is 507 g/mol. The summed E-state index contributed by atoms with van der Waals surface area (Å²) in [6.07, 6.45) is 2.84. The SMILES string of the molecule is CCOC(CNP(=O)(COC(C)Cn1cnc2c(N)ncnc21)Oc1cccc(CC)c1)OCC. The number of nitrogens with two attached hydrogens (primary N) is 1. The molecule has 0 radical (unpaired) electrons. The quantitative estimate of drug-likeness (QED) is 0.232. The first-order valence-electron chi connectivity index (χ1n) is 11.8. The van der Waals surface area contributed by atoms with E-state index < -0.39 is 13.8 Å². The number of nitrogen functional groups attached to an aromatic ring is 1. The van der Waals surface area contributed by atoms with Crippen LogP contribution in [0.1, 0.15) is 33.3 Å². The van der Waals surface area contributed by atoms with Gasteiger partial charge in [0.05, 0.1) is 25.5 Å². The zero-order valence-electron chi connectivity index (χ0n) is 20.7. The summed E-state index contributed by atoms with van der Waals surface area (Å²) in [5.74, 6) is 0.825. The number of aromatic nitrogens is 4. The first-order valence-corrected chi connectivity index (χ1v) is 13.6. The Bertz CT molecular complexity index is 1120. The van der Waals surface area contributed by atoms with E-state index in [2.05, 4.69) is 27.0 Å². The Morgan fingerprint density at radius 2 is 1.89 bits per heavy atom. The fourth-order valence-corrected chi connectivity index (χ4v) is 4.98. The number of aryl methyl sites for hydroxylation is 1. The summed E-state index contributed by atoms with van der Waals surface area (Å²) in [5, 5.41) is 3.01. The highest BCUT2D eigenvalue weighted by molar-refractivity contribution is 7.57. The van der Waals surface area contributed by atoms with Crippen molar-refractivity contribution in [3.63, 3.8) is 0 Å². The highest BCUT2D eigenvalue weighted by Gasteiger charge is 2.28. The predicted octanol–water partition coefficient (Wildman–Crippen LogP) is 3.59. The molecule has 0 bridgehead atoms. The number of anilines is 1. The Morgan fingerprint density at radius 1 is 1.11 bits per heavy atom. The van der Waals surface area contributed by atoms with E-state index in [9.17, 15) is 4.57 Å². The van der Waals surface area contributed by atoms with Crippen molar-refractivity contribution in [2.45, 2.75) is 53.1 Å². The van der Waals surface area contributed by atoms with E-state index in [-0.39, 0.29) is 19.0 Å². The van der Waals surface area contributed by atoms with Crippen LogP contribution >= 0.6 is 7.52 Å². The molecule has 0 saturated heterocycles. The van der Waals surface area contributed by atoms with Gasteiger partial charge >= 0.3 is 7.52 Å². The molecule has 0 aliphatic carbocycles. The molecule has 0 spiro atoms. The molecule has 2 atom stereocenters. The van der Waals surface area contributed by atoms with E-state index in [0.717, 1.165) is 12.0 Å². The standard InChI is InChI=1S/C23H35N6O5P/c1-5-18-9-8-10-19(11-18)34-35(30,28-12-20(31-6-2)32-7-3)16-33-17(4)13-29-15-27-21-22(24)25-14-26-23(21)29/h8-11,14-15,17,20H,5-7,12-13,16H2,1-4H3,(H,28,30)(H2,24,25,26). The van der Waals surface area contributed by atoms with Crippen LogP contribution in [0.3, 0.4) is 0 Å². The molecular formula is C23H35N6O5P. The van der Waals surface area contributed by atoms with Gasteiger partial charge in [0, 0.05) is 13.2 Å².